The zero-order valence-corrected chi connectivity index (χ0v) is 9.25. The average molecular weight is 208 g/mol. The zero-order valence-electron chi connectivity index (χ0n) is 7.62. The molecule has 0 atom stereocenters. The minimum Gasteiger partial charge on any atom is -0.130 e. The molecular weight excluding hydrogens is 196 g/mol. The van der Waals surface area contributed by atoms with Crippen molar-refractivity contribution >= 4 is 28.4 Å². The molecule has 1 aromatic carbocycles. The summed E-state index contributed by atoms with van der Waals surface area (Å²) in [4.78, 5) is 2.79. The fraction of sp³-hybridized carbons (Fsp3) is 0.273. The van der Waals surface area contributed by atoms with Crippen molar-refractivity contribution in [1.29, 1.82) is 0 Å². The highest BCUT2D eigenvalue weighted by atomic mass is 32.2. The van der Waals surface area contributed by atoms with Gasteiger partial charge in [-0.15, -0.1) is 23.5 Å². The van der Waals surface area contributed by atoms with Crippen LogP contribution in [0.15, 0.2) is 35.2 Å². The number of rotatable bonds is 2. The minimum atomic E-state index is 1.23. The molecule has 0 aromatic heterocycles. The molecule has 0 radical (unpaired) electrons. The van der Waals surface area contributed by atoms with E-state index in [2.05, 4.69) is 36.6 Å². The Bertz CT molecular complexity index is 311. The lowest BCUT2D eigenvalue weighted by molar-refractivity contribution is 1.28. The zero-order chi connectivity index (χ0) is 9.10. The normalized spacial score (nSPS) is 15.9. The number of hydrogen-bond donors (Lipinski definition) is 0. The SMILES string of the molecule is CSc1ccc(C2=CCCS2)cc1. The molecule has 13 heavy (non-hydrogen) atoms. The van der Waals surface area contributed by atoms with E-state index in [-0.39, 0.29) is 0 Å². The number of hydrogen-bond acceptors (Lipinski definition) is 2. The van der Waals surface area contributed by atoms with Gasteiger partial charge < -0.3 is 0 Å². The van der Waals surface area contributed by atoms with Crippen molar-refractivity contribution in [2.45, 2.75) is 11.3 Å². The Morgan fingerprint density at radius 3 is 2.54 bits per heavy atom. The third kappa shape index (κ3) is 2.12. The summed E-state index contributed by atoms with van der Waals surface area (Å²) >= 11 is 3.76. The molecule has 2 heteroatoms. The van der Waals surface area contributed by atoms with Crippen LogP contribution in [0.4, 0.5) is 0 Å². The second-order valence-corrected chi connectivity index (χ2v) is 4.95. The summed E-state index contributed by atoms with van der Waals surface area (Å²) in [7, 11) is 0. The summed E-state index contributed by atoms with van der Waals surface area (Å²) in [6.07, 6.45) is 5.67. The van der Waals surface area contributed by atoms with Crippen LogP contribution in [0.1, 0.15) is 12.0 Å². The second kappa shape index (κ2) is 4.25. The van der Waals surface area contributed by atoms with E-state index in [0.29, 0.717) is 0 Å². The van der Waals surface area contributed by atoms with Gasteiger partial charge in [0.05, 0.1) is 0 Å². The first-order chi connectivity index (χ1) is 6.40. The Morgan fingerprint density at radius 2 is 2.00 bits per heavy atom. The van der Waals surface area contributed by atoms with Gasteiger partial charge in [0.25, 0.3) is 0 Å². The van der Waals surface area contributed by atoms with Crippen molar-refractivity contribution in [1.82, 2.24) is 0 Å². The Morgan fingerprint density at radius 1 is 1.23 bits per heavy atom. The van der Waals surface area contributed by atoms with Gasteiger partial charge in [-0.05, 0) is 30.4 Å². The van der Waals surface area contributed by atoms with Crippen LogP contribution in [0.5, 0.6) is 0 Å². The molecule has 0 aliphatic carbocycles. The third-order valence-electron chi connectivity index (χ3n) is 2.08. The maximum atomic E-state index is 2.33. The Hall–Kier alpha value is -0.340. The van der Waals surface area contributed by atoms with E-state index in [4.69, 9.17) is 0 Å². The van der Waals surface area contributed by atoms with Crippen LogP contribution in [-0.2, 0) is 0 Å². The highest BCUT2D eigenvalue weighted by molar-refractivity contribution is 8.08. The molecule has 1 heterocycles. The van der Waals surface area contributed by atoms with Crippen LogP contribution in [0.2, 0.25) is 0 Å². The minimum absolute atomic E-state index is 1.23. The lowest BCUT2D eigenvalue weighted by Crippen LogP contribution is -1.77. The van der Waals surface area contributed by atoms with Crippen molar-refractivity contribution in [3.8, 4) is 0 Å². The molecule has 0 spiro atoms. The van der Waals surface area contributed by atoms with E-state index in [1.54, 1.807) is 11.8 Å². The van der Waals surface area contributed by atoms with E-state index in [0.717, 1.165) is 0 Å². The van der Waals surface area contributed by atoms with E-state index >= 15 is 0 Å². The van der Waals surface area contributed by atoms with Gasteiger partial charge in [-0.25, -0.2) is 0 Å². The van der Waals surface area contributed by atoms with Gasteiger partial charge in [0, 0.05) is 15.6 Å². The van der Waals surface area contributed by atoms with Gasteiger partial charge in [-0.2, -0.15) is 0 Å². The number of benzene rings is 1. The molecule has 0 fully saturated rings. The van der Waals surface area contributed by atoms with Crippen LogP contribution >= 0.6 is 23.5 Å². The molecule has 0 N–H and O–H groups in total. The maximum absolute atomic E-state index is 2.33. The van der Waals surface area contributed by atoms with E-state index in [9.17, 15) is 0 Å². The molecule has 0 nitrogen and oxygen atoms in total. The fourth-order valence-corrected chi connectivity index (χ4v) is 2.78. The van der Waals surface area contributed by atoms with Crippen molar-refractivity contribution < 1.29 is 0 Å². The predicted octanol–water partition coefficient (Wildman–Crippen LogP) is 3.89. The molecule has 2 rings (SSSR count). The van der Waals surface area contributed by atoms with Crippen molar-refractivity contribution in [3.05, 3.63) is 35.9 Å². The Labute approximate surface area is 87.8 Å². The van der Waals surface area contributed by atoms with Crippen LogP contribution in [0, 0.1) is 0 Å². The molecule has 1 aliphatic rings. The molecular formula is C11H12S2. The summed E-state index contributed by atoms with van der Waals surface area (Å²) < 4.78 is 0. The second-order valence-electron chi connectivity index (χ2n) is 2.93. The maximum Gasteiger partial charge on any atom is 0.0105 e. The lowest BCUT2D eigenvalue weighted by Gasteiger charge is -2.02. The molecule has 0 amide bonds. The summed E-state index contributed by atoms with van der Waals surface area (Å²) in [6, 6.07) is 8.82. The van der Waals surface area contributed by atoms with Crippen LogP contribution in [0.3, 0.4) is 0 Å². The third-order valence-corrected chi connectivity index (χ3v) is 3.98. The van der Waals surface area contributed by atoms with Gasteiger partial charge in [0.1, 0.15) is 0 Å². The molecule has 0 saturated carbocycles. The Balaban J connectivity index is 2.22. The predicted molar refractivity (Wildman–Crippen MR) is 63.3 cm³/mol. The van der Waals surface area contributed by atoms with Crippen molar-refractivity contribution in [3.63, 3.8) is 0 Å². The van der Waals surface area contributed by atoms with Gasteiger partial charge in [-0.3, -0.25) is 0 Å². The van der Waals surface area contributed by atoms with Crippen LogP contribution in [0.25, 0.3) is 4.91 Å². The highest BCUT2D eigenvalue weighted by Gasteiger charge is 2.06. The molecule has 1 aromatic rings. The van der Waals surface area contributed by atoms with Gasteiger partial charge in [-0.1, -0.05) is 18.2 Å². The molecule has 68 valence electrons. The number of thioether (sulfide) groups is 2. The monoisotopic (exact) mass is 208 g/mol. The summed E-state index contributed by atoms with van der Waals surface area (Å²) in [5.74, 6) is 1.25. The Kier molecular flexibility index (Phi) is 3.01. The van der Waals surface area contributed by atoms with E-state index < -0.39 is 0 Å². The molecule has 0 unspecified atom stereocenters. The first-order valence-electron chi connectivity index (χ1n) is 4.37. The summed E-state index contributed by atoms with van der Waals surface area (Å²) in [5.41, 5.74) is 1.38. The fourth-order valence-electron chi connectivity index (χ4n) is 1.37. The standard InChI is InChI=1S/C11H12S2/c1-12-10-6-4-9(5-7-10)11-3-2-8-13-11/h3-7H,2,8H2,1H3. The lowest BCUT2D eigenvalue weighted by atomic mass is 10.2. The smallest absolute Gasteiger partial charge is 0.0105 e. The first kappa shape index (κ1) is 9.22. The van der Waals surface area contributed by atoms with E-state index in [1.165, 1.54) is 27.5 Å². The first-order valence-corrected chi connectivity index (χ1v) is 6.58. The topological polar surface area (TPSA) is 0 Å². The van der Waals surface area contributed by atoms with Gasteiger partial charge in [0.2, 0.25) is 0 Å². The summed E-state index contributed by atoms with van der Waals surface area (Å²) in [6.45, 7) is 0. The van der Waals surface area contributed by atoms with Gasteiger partial charge >= 0.3 is 0 Å². The average Bonchev–Trinajstić information content (AvgIpc) is 2.71. The molecule has 1 aliphatic heterocycles. The van der Waals surface area contributed by atoms with Gasteiger partial charge in [0.15, 0.2) is 0 Å². The van der Waals surface area contributed by atoms with E-state index in [1.807, 2.05) is 11.8 Å². The van der Waals surface area contributed by atoms with Crippen molar-refractivity contribution in [2.24, 2.45) is 0 Å². The molecule has 0 saturated heterocycles. The number of allylic oxidation sites excluding steroid dienone is 1. The summed E-state index contributed by atoms with van der Waals surface area (Å²) in [5, 5.41) is 0. The quantitative estimate of drug-likeness (QED) is 0.676. The molecule has 0 bridgehead atoms. The highest BCUT2D eigenvalue weighted by Crippen LogP contribution is 2.34. The van der Waals surface area contributed by atoms with Crippen LogP contribution in [-0.4, -0.2) is 12.0 Å². The van der Waals surface area contributed by atoms with Crippen LogP contribution < -0.4 is 0 Å². The van der Waals surface area contributed by atoms with Crippen molar-refractivity contribution in [2.75, 3.05) is 12.0 Å². The largest absolute Gasteiger partial charge is 0.130 e.